The largest absolute Gasteiger partial charge is 0.509 e. The van der Waals surface area contributed by atoms with Gasteiger partial charge in [0, 0.05) is 16.8 Å². The Morgan fingerprint density at radius 1 is 1.28 bits per heavy atom. The fourth-order valence-corrected chi connectivity index (χ4v) is 4.82. The van der Waals surface area contributed by atoms with E-state index in [1.165, 1.54) is 9.75 Å². The van der Waals surface area contributed by atoms with Gasteiger partial charge in [-0.05, 0) is 37.0 Å². The Labute approximate surface area is 179 Å². The van der Waals surface area contributed by atoms with Crippen LogP contribution in [-0.2, 0) is 4.79 Å². The molecule has 1 unspecified atom stereocenters. The highest BCUT2D eigenvalue weighted by Gasteiger charge is 2.30. The van der Waals surface area contributed by atoms with Gasteiger partial charge in [0.1, 0.15) is 5.76 Å². The highest BCUT2D eigenvalue weighted by atomic mass is 32.1. The molecule has 29 heavy (non-hydrogen) atoms. The van der Waals surface area contributed by atoms with Gasteiger partial charge in [-0.1, -0.05) is 26.8 Å². The monoisotopic (exact) mass is 433 g/mol. The lowest BCUT2D eigenvalue weighted by molar-refractivity contribution is -0.116. The van der Waals surface area contributed by atoms with Gasteiger partial charge in [0.2, 0.25) is 0 Å². The summed E-state index contributed by atoms with van der Waals surface area (Å²) in [6.45, 7) is 8.65. The van der Waals surface area contributed by atoms with E-state index in [1.54, 1.807) is 24.5 Å². The number of hydrogen-bond donors (Lipinski definition) is 4. The second-order valence-electron chi connectivity index (χ2n) is 8.07. The van der Waals surface area contributed by atoms with Crippen LogP contribution in [0.4, 0.5) is 11.6 Å². The number of aliphatic hydroxyl groups excluding tert-OH is 1. The Morgan fingerprint density at radius 3 is 2.62 bits per heavy atom. The average molecular weight is 434 g/mol. The van der Waals surface area contributed by atoms with E-state index >= 15 is 0 Å². The lowest BCUT2D eigenvalue weighted by Gasteiger charge is -2.31. The topological polar surface area (TPSA) is 99.2 Å². The molecule has 0 saturated carbocycles. The predicted octanol–water partition coefficient (Wildman–Crippen LogP) is 4.41. The first-order chi connectivity index (χ1) is 13.7. The van der Waals surface area contributed by atoms with Crippen LogP contribution in [0.15, 0.2) is 35.6 Å². The third kappa shape index (κ3) is 4.79. The number of nitrogens with one attached hydrogen (secondary N) is 3. The molecular formula is C20H27N5O2S2. The van der Waals surface area contributed by atoms with Crippen LogP contribution in [-0.4, -0.2) is 32.9 Å². The van der Waals surface area contributed by atoms with E-state index in [0.717, 1.165) is 11.7 Å². The van der Waals surface area contributed by atoms with Crippen LogP contribution in [0.5, 0.6) is 0 Å². The zero-order valence-electron chi connectivity index (χ0n) is 17.2. The molecule has 2 aromatic rings. The van der Waals surface area contributed by atoms with Crippen LogP contribution >= 0.6 is 23.1 Å². The van der Waals surface area contributed by atoms with Crippen LogP contribution in [0, 0.1) is 12.3 Å². The molecule has 2 atom stereocenters. The van der Waals surface area contributed by atoms with Gasteiger partial charge in [-0.3, -0.25) is 4.79 Å². The van der Waals surface area contributed by atoms with Gasteiger partial charge in [-0.2, -0.15) is 8.75 Å². The maximum atomic E-state index is 12.0. The molecular weight excluding hydrogens is 406 g/mol. The van der Waals surface area contributed by atoms with Crippen molar-refractivity contribution in [1.82, 2.24) is 14.1 Å². The molecule has 2 aromatic heterocycles. The lowest BCUT2D eigenvalue weighted by atomic mass is 9.86. The van der Waals surface area contributed by atoms with Gasteiger partial charge in [0.15, 0.2) is 11.6 Å². The van der Waals surface area contributed by atoms with Gasteiger partial charge >= 0.3 is 0 Å². The number of carbonyl (C=O) groups excluding carboxylic acids is 1. The third-order valence-corrected chi connectivity index (χ3v) is 6.32. The van der Waals surface area contributed by atoms with Gasteiger partial charge in [0.25, 0.3) is 5.91 Å². The number of rotatable bonds is 6. The Morgan fingerprint density at radius 2 is 2.00 bits per heavy atom. The first-order valence-electron chi connectivity index (χ1n) is 9.44. The fraction of sp³-hybridized carbons (Fsp3) is 0.450. The molecule has 0 aromatic carbocycles. The van der Waals surface area contributed by atoms with Crippen molar-refractivity contribution < 1.29 is 9.90 Å². The summed E-state index contributed by atoms with van der Waals surface area (Å²) in [6, 6.07) is 3.89. The molecule has 1 amide bonds. The van der Waals surface area contributed by atoms with E-state index in [0.29, 0.717) is 18.1 Å². The summed E-state index contributed by atoms with van der Waals surface area (Å²) in [7, 11) is 1.54. The van der Waals surface area contributed by atoms with E-state index in [4.69, 9.17) is 0 Å². The second-order valence-corrected chi connectivity index (χ2v) is 9.91. The highest BCUT2D eigenvalue weighted by molar-refractivity contribution is 7.12. The maximum Gasteiger partial charge on any atom is 0.254 e. The van der Waals surface area contributed by atoms with Crippen LogP contribution in [0.2, 0.25) is 0 Å². The molecule has 0 spiro atoms. The van der Waals surface area contributed by atoms with Crippen LogP contribution in [0.25, 0.3) is 0 Å². The first kappa shape index (κ1) is 21.3. The van der Waals surface area contributed by atoms with Gasteiger partial charge in [0.05, 0.1) is 29.4 Å². The number of amides is 1. The van der Waals surface area contributed by atoms with Crippen molar-refractivity contribution >= 4 is 40.6 Å². The third-order valence-electron chi connectivity index (χ3n) is 4.73. The van der Waals surface area contributed by atoms with Gasteiger partial charge < -0.3 is 21.1 Å². The fourth-order valence-electron chi connectivity index (χ4n) is 3.16. The van der Waals surface area contributed by atoms with Gasteiger partial charge in [-0.15, -0.1) is 11.3 Å². The number of nitrogens with zero attached hydrogens (tertiary/aromatic N) is 2. The number of hydrogen-bond acceptors (Lipinski definition) is 8. The summed E-state index contributed by atoms with van der Waals surface area (Å²) in [4.78, 5) is 14.5. The smallest absolute Gasteiger partial charge is 0.254 e. The number of aromatic nitrogens is 2. The molecule has 1 aliphatic carbocycles. The summed E-state index contributed by atoms with van der Waals surface area (Å²) >= 11 is 2.87. The number of thiophene rings is 1. The van der Waals surface area contributed by atoms with E-state index in [2.05, 4.69) is 64.5 Å². The maximum absolute atomic E-state index is 12.0. The summed E-state index contributed by atoms with van der Waals surface area (Å²) < 4.78 is 8.80. The van der Waals surface area contributed by atoms with Gasteiger partial charge in [-0.25, -0.2) is 0 Å². The molecule has 3 rings (SSSR count). The molecule has 156 valence electrons. The van der Waals surface area contributed by atoms with Crippen molar-refractivity contribution in [3.05, 3.63) is 45.4 Å². The molecule has 0 radical (unpaired) electrons. The normalized spacial score (nSPS) is 17.9. The molecule has 7 nitrogen and oxygen atoms in total. The number of aliphatic hydroxyl groups is 1. The quantitative estimate of drug-likeness (QED) is 0.539. The standard InChI is InChI=1S/C20H27N5O2S2/c1-11-9-10-14(28-11)16(20(2,3)4)23-18-17(24-29-25-18)22-13-8-6-7-12(15(13)26)19(27)21-5/h6-7,9-10,13,16,26H,8H2,1-5H3,(H,21,27)(H,22,24)(H,23,25)/t13?,16-/m0/s1. The summed E-state index contributed by atoms with van der Waals surface area (Å²) in [5.41, 5.74) is 0.218. The highest BCUT2D eigenvalue weighted by Crippen LogP contribution is 2.40. The number of aryl methyl sites for hydroxylation is 1. The lowest BCUT2D eigenvalue weighted by Crippen LogP contribution is -2.30. The summed E-state index contributed by atoms with van der Waals surface area (Å²) in [6.07, 6.45) is 4.05. The average Bonchev–Trinajstić information content (AvgIpc) is 3.28. The summed E-state index contributed by atoms with van der Waals surface area (Å²) in [5, 5.41) is 19.9. The van der Waals surface area contributed by atoms with E-state index in [1.807, 2.05) is 6.08 Å². The van der Waals surface area contributed by atoms with Crippen LogP contribution < -0.4 is 16.0 Å². The first-order valence-corrected chi connectivity index (χ1v) is 11.0. The van der Waals surface area contributed by atoms with E-state index < -0.39 is 6.04 Å². The predicted molar refractivity (Wildman–Crippen MR) is 120 cm³/mol. The second kappa shape index (κ2) is 8.54. The molecule has 0 fully saturated rings. The number of carbonyl (C=O) groups is 1. The van der Waals surface area contributed by atoms with E-state index in [9.17, 15) is 9.90 Å². The zero-order valence-corrected chi connectivity index (χ0v) is 18.9. The summed E-state index contributed by atoms with van der Waals surface area (Å²) in [5.74, 6) is 0.901. The molecule has 0 saturated heterocycles. The number of anilines is 2. The Balaban J connectivity index is 1.83. The van der Waals surface area contributed by atoms with Crippen molar-refractivity contribution in [3.63, 3.8) is 0 Å². The van der Waals surface area contributed by atoms with Crippen LogP contribution in [0.1, 0.15) is 43.0 Å². The zero-order chi connectivity index (χ0) is 21.2. The Hall–Kier alpha value is -2.39. The minimum absolute atomic E-state index is 0.00653. The van der Waals surface area contributed by atoms with Crippen molar-refractivity contribution in [2.45, 2.75) is 46.2 Å². The SMILES string of the molecule is CNC(=O)C1=C(O)C(Nc2nsnc2N[C@@H](c2ccc(C)s2)C(C)(C)C)CC=C1. The number of likely N-dealkylation sites (N-methyl/N-ethyl adjacent to an activating group) is 1. The minimum atomic E-state index is -0.436. The molecule has 9 heteroatoms. The van der Waals surface area contributed by atoms with Crippen LogP contribution in [0.3, 0.4) is 0 Å². The van der Waals surface area contributed by atoms with Crippen molar-refractivity contribution in [2.24, 2.45) is 5.41 Å². The molecule has 4 N–H and O–H groups in total. The van der Waals surface area contributed by atoms with Crippen molar-refractivity contribution in [1.29, 1.82) is 0 Å². The molecule has 0 aliphatic heterocycles. The van der Waals surface area contributed by atoms with Crippen molar-refractivity contribution in [3.8, 4) is 0 Å². The minimum Gasteiger partial charge on any atom is -0.509 e. The Bertz CT molecular complexity index is 939. The molecule has 0 bridgehead atoms. The van der Waals surface area contributed by atoms with Crippen molar-refractivity contribution in [2.75, 3.05) is 17.7 Å². The molecule has 2 heterocycles. The Kier molecular flexibility index (Phi) is 6.28. The molecule has 1 aliphatic rings. The van der Waals surface area contributed by atoms with E-state index in [-0.39, 0.29) is 28.7 Å².